The van der Waals surface area contributed by atoms with Gasteiger partial charge >= 0.3 is 0 Å². The van der Waals surface area contributed by atoms with E-state index in [1.54, 1.807) is 0 Å². The third kappa shape index (κ3) is 2.09. The van der Waals surface area contributed by atoms with Crippen molar-refractivity contribution in [3.05, 3.63) is 29.6 Å². The van der Waals surface area contributed by atoms with Crippen LogP contribution in [0.2, 0.25) is 0 Å². The van der Waals surface area contributed by atoms with Crippen LogP contribution in [-0.2, 0) is 0 Å². The highest BCUT2D eigenvalue weighted by Gasteiger charge is 2.34. The summed E-state index contributed by atoms with van der Waals surface area (Å²) in [5.74, 6) is -2.02. The maximum absolute atomic E-state index is 13.4. The van der Waals surface area contributed by atoms with E-state index in [2.05, 4.69) is 0 Å². The molecule has 0 saturated carbocycles. The van der Waals surface area contributed by atoms with Gasteiger partial charge in [-0.3, -0.25) is 4.79 Å². The second-order valence-corrected chi connectivity index (χ2v) is 3.98. The zero-order chi connectivity index (χ0) is 12.6. The molecule has 17 heavy (non-hydrogen) atoms. The summed E-state index contributed by atoms with van der Waals surface area (Å²) in [5.41, 5.74) is -0.436. The lowest BCUT2D eigenvalue weighted by Gasteiger charge is -2.16. The molecule has 0 aromatic heterocycles. The van der Waals surface area contributed by atoms with Crippen LogP contribution >= 0.6 is 0 Å². The number of hydrogen-bond donors (Lipinski definition) is 3. The number of likely N-dealkylation sites (tertiary alicyclic amines) is 1. The Balaban J connectivity index is 2.27. The van der Waals surface area contributed by atoms with E-state index in [4.69, 9.17) is 0 Å². The van der Waals surface area contributed by atoms with Gasteiger partial charge in [0, 0.05) is 13.1 Å². The molecule has 0 radical (unpaired) electrons. The van der Waals surface area contributed by atoms with E-state index in [0.717, 1.165) is 11.0 Å². The number of β-amino-alcohol motifs (C(OH)–C–C–N with tert-alkyl or cyclic N) is 2. The molecular weight excluding hydrogens is 229 g/mol. The highest BCUT2D eigenvalue weighted by molar-refractivity contribution is 5.97. The fourth-order valence-corrected chi connectivity index (χ4v) is 1.82. The Morgan fingerprint density at radius 2 is 1.88 bits per heavy atom. The van der Waals surface area contributed by atoms with Crippen LogP contribution in [0.25, 0.3) is 0 Å². The summed E-state index contributed by atoms with van der Waals surface area (Å²) in [6.07, 6.45) is -2.07. The van der Waals surface area contributed by atoms with Crippen LogP contribution in [0.5, 0.6) is 5.75 Å². The summed E-state index contributed by atoms with van der Waals surface area (Å²) in [6.45, 7) is -0.151. The molecule has 0 spiro atoms. The van der Waals surface area contributed by atoms with Crippen LogP contribution in [0.15, 0.2) is 18.2 Å². The zero-order valence-electron chi connectivity index (χ0n) is 8.88. The van der Waals surface area contributed by atoms with Crippen LogP contribution in [0.3, 0.4) is 0 Å². The number of phenolic OH excluding ortho intramolecular Hbond substituents is 1. The fourth-order valence-electron chi connectivity index (χ4n) is 1.82. The molecule has 1 heterocycles. The van der Waals surface area contributed by atoms with Gasteiger partial charge in [0.2, 0.25) is 0 Å². The van der Waals surface area contributed by atoms with Gasteiger partial charge in [0.05, 0.1) is 12.2 Å². The van der Waals surface area contributed by atoms with Crippen LogP contribution in [0.1, 0.15) is 10.4 Å². The molecule has 1 aromatic carbocycles. The Bertz CT molecular complexity index is 421. The highest BCUT2D eigenvalue weighted by Crippen LogP contribution is 2.23. The molecule has 2 unspecified atom stereocenters. The van der Waals surface area contributed by atoms with E-state index >= 15 is 0 Å². The minimum absolute atomic E-state index is 0.0756. The Morgan fingerprint density at radius 1 is 1.29 bits per heavy atom. The maximum atomic E-state index is 13.4. The predicted molar refractivity (Wildman–Crippen MR) is 56.0 cm³/mol. The molecule has 2 rings (SSSR count). The first-order valence-electron chi connectivity index (χ1n) is 5.13. The van der Waals surface area contributed by atoms with E-state index in [0.29, 0.717) is 0 Å². The van der Waals surface area contributed by atoms with Crippen molar-refractivity contribution >= 4 is 5.91 Å². The Hall–Kier alpha value is -1.66. The third-order valence-corrected chi connectivity index (χ3v) is 2.75. The quantitative estimate of drug-likeness (QED) is 0.631. The lowest BCUT2D eigenvalue weighted by molar-refractivity contribution is 0.0572. The molecule has 1 aromatic rings. The molecule has 0 bridgehead atoms. The summed E-state index contributed by atoms with van der Waals surface area (Å²) < 4.78 is 13.4. The Morgan fingerprint density at radius 3 is 2.41 bits per heavy atom. The van der Waals surface area contributed by atoms with E-state index in [9.17, 15) is 24.5 Å². The summed E-state index contributed by atoms with van der Waals surface area (Å²) in [6, 6.07) is 3.56. The van der Waals surface area contributed by atoms with Crippen molar-refractivity contribution in [2.24, 2.45) is 0 Å². The number of carbonyl (C=O) groups is 1. The first kappa shape index (κ1) is 11.8. The molecule has 1 aliphatic heterocycles. The Kier molecular flexibility index (Phi) is 2.99. The predicted octanol–water partition coefficient (Wildman–Crippen LogP) is -0.291. The Labute approximate surface area is 96.7 Å². The first-order valence-corrected chi connectivity index (χ1v) is 5.13. The van der Waals surface area contributed by atoms with Gasteiger partial charge in [-0.05, 0) is 12.1 Å². The number of phenols is 1. The van der Waals surface area contributed by atoms with Gasteiger partial charge < -0.3 is 20.2 Å². The molecule has 1 aliphatic rings. The minimum atomic E-state index is -1.03. The zero-order valence-corrected chi connectivity index (χ0v) is 8.88. The van der Waals surface area contributed by atoms with Crippen molar-refractivity contribution in [3.8, 4) is 5.75 Å². The summed E-state index contributed by atoms with van der Waals surface area (Å²) in [4.78, 5) is 13.0. The van der Waals surface area contributed by atoms with E-state index in [1.165, 1.54) is 12.1 Å². The number of aromatic hydroxyl groups is 1. The monoisotopic (exact) mass is 241 g/mol. The van der Waals surface area contributed by atoms with Crippen LogP contribution in [0, 0.1) is 5.82 Å². The van der Waals surface area contributed by atoms with E-state index < -0.39 is 35.2 Å². The van der Waals surface area contributed by atoms with Gasteiger partial charge in [0.1, 0.15) is 17.1 Å². The highest BCUT2D eigenvalue weighted by atomic mass is 19.1. The van der Waals surface area contributed by atoms with Crippen molar-refractivity contribution in [2.75, 3.05) is 13.1 Å². The van der Waals surface area contributed by atoms with Crippen molar-refractivity contribution in [1.29, 1.82) is 0 Å². The summed E-state index contributed by atoms with van der Waals surface area (Å²) >= 11 is 0. The number of amides is 1. The molecule has 3 N–H and O–H groups in total. The van der Waals surface area contributed by atoms with Crippen molar-refractivity contribution < 1.29 is 24.5 Å². The van der Waals surface area contributed by atoms with Crippen molar-refractivity contribution in [1.82, 2.24) is 4.90 Å². The number of rotatable bonds is 1. The van der Waals surface area contributed by atoms with Crippen LogP contribution < -0.4 is 0 Å². The van der Waals surface area contributed by atoms with Crippen LogP contribution in [0.4, 0.5) is 4.39 Å². The molecule has 1 fully saturated rings. The SMILES string of the molecule is O=C(c1c(O)cccc1F)N1CC(O)C(O)C1. The van der Waals surface area contributed by atoms with Gasteiger partial charge in [-0.1, -0.05) is 6.07 Å². The molecule has 0 aliphatic carbocycles. The number of aliphatic hydroxyl groups is 2. The lowest BCUT2D eigenvalue weighted by Crippen LogP contribution is -2.30. The second-order valence-electron chi connectivity index (χ2n) is 3.98. The molecule has 2 atom stereocenters. The number of halogens is 1. The molecule has 92 valence electrons. The molecular formula is C11H12FNO4. The first-order chi connectivity index (χ1) is 8.00. The smallest absolute Gasteiger partial charge is 0.260 e. The van der Waals surface area contributed by atoms with Crippen molar-refractivity contribution in [2.45, 2.75) is 12.2 Å². The molecule has 1 amide bonds. The lowest BCUT2D eigenvalue weighted by atomic mass is 10.1. The average molecular weight is 241 g/mol. The van der Waals surface area contributed by atoms with E-state index in [1.807, 2.05) is 0 Å². The number of carbonyl (C=O) groups excluding carboxylic acids is 1. The molecule has 6 heteroatoms. The van der Waals surface area contributed by atoms with Gasteiger partial charge in [0.25, 0.3) is 5.91 Å². The standard InChI is InChI=1S/C11H12FNO4/c12-6-2-1-3-7(14)10(6)11(17)13-4-8(15)9(16)5-13/h1-3,8-9,14-16H,4-5H2. The van der Waals surface area contributed by atoms with Gasteiger partial charge in [-0.25, -0.2) is 4.39 Å². The fraction of sp³-hybridized carbons (Fsp3) is 0.364. The number of benzene rings is 1. The van der Waals surface area contributed by atoms with Gasteiger partial charge in [-0.15, -0.1) is 0 Å². The minimum Gasteiger partial charge on any atom is -0.507 e. The average Bonchev–Trinajstić information content (AvgIpc) is 2.59. The van der Waals surface area contributed by atoms with Gasteiger partial charge in [0.15, 0.2) is 0 Å². The number of nitrogens with zero attached hydrogens (tertiary/aromatic N) is 1. The maximum Gasteiger partial charge on any atom is 0.260 e. The summed E-state index contributed by atoms with van der Waals surface area (Å²) in [5, 5.41) is 28.0. The second kappa shape index (κ2) is 4.31. The topological polar surface area (TPSA) is 81.0 Å². The summed E-state index contributed by atoms with van der Waals surface area (Å²) in [7, 11) is 0. The largest absolute Gasteiger partial charge is 0.507 e. The molecule has 1 saturated heterocycles. The third-order valence-electron chi connectivity index (χ3n) is 2.75. The molecule has 5 nitrogen and oxygen atoms in total. The normalized spacial score (nSPS) is 24.1. The van der Waals surface area contributed by atoms with Crippen LogP contribution in [-0.4, -0.2) is 51.4 Å². The van der Waals surface area contributed by atoms with Crippen molar-refractivity contribution in [3.63, 3.8) is 0 Å². The number of aliphatic hydroxyl groups excluding tert-OH is 2. The van der Waals surface area contributed by atoms with Gasteiger partial charge in [-0.2, -0.15) is 0 Å². The van der Waals surface area contributed by atoms with E-state index in [-0.39, 0.29) is 13.1 Å². The number of hydrogen-bond acceptors (Lipinski definition) is 4.